The van der Waals surface area contributed by atoms with Crippen molar-refractivity contribution in [2.24, 2.45) is 5.73 Å². The molecule has 0 spiro atoms. The van der Waals surface area contributed by atoms with Crippen molar-refractivity contribution in [3.8, 4) is 11.5 Å². The smallest absolute Gasteiger partial charge is 0.234 e. The van der Waals surface area contributed by atoms with Gasteiger partial charge in [-0.25, -0.2) is 0 Å². The molecule has 1 aliphatic rings. The van der Waals surface area contributed by atoms with Gasteiger partial charge in [0, 0.05) is 11.6 Å². The number of nitrogens with one attached hydrogen (secondary N) is 1. The zero-order valence-electron chi connectivity index (χ0n) is 8.93. The largest absolute Gasteiger partial charge is 0.508 e. The molecule has 5 heteroatoms. The van der Waals surface area contributed by atoms with Crippen LogP contribution in [0.4, 0.5) is 0 Å². The molecule has 0 saturated heterocycles. The summed E-state index contributed by atoms with van der Waals surface area (Å²) in [5.41, 5.74) is 6.11. The summed E-state index contributed by atoms with van der Waals surface area (Å²) in [6.45, 7) is 2.15. The van der Waals surface area contributed by atoms with E-state index >= 15 is 0 Å². The van der Waals surface area contributed by atoms with Crippen molar-refractivity contribution >= 4 is 5.91 Å². The van der Waals surface area contributed by atoms with Crippen LogP contribution in [0.15, 0.2) is 18.2 Å². The predicted molar refractivity (Wildman–Crippen MR) is 58.1 cm³/mol. The summed E-state index contributed by atoms with van der Waals surface area (Å²) in [6.07, 6.45) is 0. The number of aromatic hydroxyl groups is 1. The molecule has 0 radical (unpaired) electrons. The third-order valence-corrected chi connectivity index (χ3v) is 2.66. The second-order valence-corrected chi connectivity index (χ2v) is 3.88. The lowest BCUT2D eigenvalue weighted by molar-refractivity contribution is -0.119. The molecular formula is C11H14N2O3. The molecule has 0 aromatic heterocycles. The Morgan fingerprint density at radius 1 is 1.69 bits per heavy atom. The zero-order chi connectivity index (χ0) is 11.7. The van der Waals surface area contributed by atoms with Gasteiger partial charge in [-0.2, -0.15) is 0 Å². The van der Waals surface area contributed by atoms with Gasteiger partial charge in [-0.15, -0.1) is 0 Å². The highest BCUT2D eigenvalue weighted by Gasteiger charge is 2.26. The number of amides is 1. The SMILES string of the molecule is CC(NC1COc2cc(O)ccc21)C(N)=O. The molecule has 4 N–H and O–H groups in total. The second-order valence-electron chi connectivity index (χ2n) is 3.88. The van der Waals surface area contributed by atoms with E-state index in [0.29, 0.717) is 12.4 Å². The highest BCUT2D eigenvalue weighted by Crippen LogP contribution is 2.34. The second kappa shape index (κ2) is 4.02. The van der Waals surface area contributed by atoms with E-state index < -0.39 is 11.9 Å². The van der Waals surface area contributed by atoms with E-state index in [4.69, 9.17) is 10.5 Å². The molecule has 0 saturated carbocycles. The number of rotatable bonds is 3. The number of carbonyl (C=O) groups is 1. The van der Waals surface area contributed by atoms with Crippen LogP contribution in [0.5, 0.6) is 11.5 Å². The average molecular weight is 222 g/mol. The van der Waals surface area contributed by atoms with Gasteiger partial charge in [-0.3, -0.25) is 10.1 Å². The van der Waals surface area contributed by atoms with Gasteiger partial charge in [0.2, 0.25) is 5.91 Å². The van der Waals surface area contributed by atoms with Crippen molar-refractivity contribution in [3.63, 3.8) is 0 Å². The third-order valence-electron chi connectivity index (χ3n) is 2.66. The lowest BCUT2D eigenvalue weighted by Gasteiger charge is -2.15. The molecule has 2 atom stereocenters. The first-order valence-corrected chi connectivity index (χ1v) is 5.09. The summed E-state index contributed by atoms with van der Waals surface area (Å²) in [7, 11) is 0. The molecule has 1 aromatic rings. The van der Waals surface area contributed by atoms with Crippen LogP contribution in [0.1, 0.15) is 18.5 Å². The zero-order valence-corrected chi connectivity index (χ0v) is 8.93. The first-order chi connectivity index (χ1) is 7.58. The number of hydrogen-bond acceptors (Lipinski definition) is 4. The van der Waals surface area contributed by atoms with Crippen molar-refractivity contribution in [2.45, 2.75) is 19.0 Å². The molecule has 16 heavy (non-hydrogen) atoms. The maximum Gasteiger partial charge on any atom is 0.234 e. The first-order valence-electron chi connectivity index (χ1n) is 5.09. The van der Waals surface area contributed by atoms with Gasteiger partial charge in [0.05, 0.1) is 12.1 Å². The molecule has 2 rings (SSSR count). The van der Waals surface area contributed by atoms with E-state index in [1.54, 1.807) is 25.1 Å². The van der Waals surface area contributed by atoms with Gasteiger partial charge in [-0.05, 0) is 19.1 Å². The number of phenolic OH excluding ortho intramolecular Hbond substituents is 1. The summed E-state index contributed by atoms with van der Waals surface area (Å²) in [5, 5.41) is 12.4. The Morgan fingerprint density at radius 2 is 2.44 bits per heavy atom. The van der Waals surface area contributed by atoms with Crippen LogP contribution >= 0.6 is 0 Å². The van der Waals surface area contributed by atoms with E-state index in [1.165, 1.54) is 0 Å². The maximum atomic E-state index is 10.9. The molecule has 1 aliphatic heterocycles. The summed E-state index contributed by atoms with van der Waals surface area (Å²) in [6, 6.07) is 4.47. The monoisotopic (exact) mass is 222 g/mol. The highest BCUT2D eigenvalue weighted by molar-refractivity contribution is 5.79. The van der Waals surface area contributed by atoms with Gasteiger partial charge in [-0.1, -0.05) is 0 Å². The quantitative estimate of drug-likeness (QED) is 0.686. The van der Waals surface area contributed by atoms with Crippen LogP contribution in [-0.2, 0) is 4.79 Å². The Kier molecular flexibility index (Phi) is 2.70. The number of primary amides is 1. The summed E-state index contributed by atoms with van der Waals surface area (Å²) in [5.74, 6) is 0.420. The Morgan fingerprint density at radius 3 is 3.12 bits per heavy atom. The van der Waals surface area contributed by atoms with Crippen LogP contribution < -0.4 is 15.8 Å². The molecule has 5 nitrogen and oxygen atoms in total. The normalized spacial score (nSPS) is 19.9. The number of carbonyl (C=O) groups excluding carboxylic acids is 1. The fourth-order valence-corrected chi connectivity index (χ4v) is 1.72. The molecule has 86 valence electrons. The van der Waals surface area contributed by atoms with Crippen molar-refractivity contribution in [3.05, 3.63) is 23.8 Å². The topological polar surface area (TPSA) is 84.6 Å². The molecular weight excluding hydrogens is 208 g/mol. The number of ether oxygens (including phenoxy) is 1. The van der Waals surface area contributed by atoms with Crippen LogP contribution in [0.2, 0.25) is 0 Å². The number of phenols is 1. The van der Waals surface area contributed by atoms with Crippen molar-refractivity contribution in [1.29, 1.82) is 0 Å². The lowest BCUT2D eigenvalue weighted by atomic mass is 10.1. The van der Waals surface area contributed by atoms with Gasteiger partial charge in [0.1, 0.15) is 18.1 Å². The van der Waals surface area contributed by atoms with Gasteiger partial charge < -0.3 is 15.6 Å². The molecule has 0 fully saturated rings. The van der Waals surface area contributed by atoms with Crippen molar-refractivity contribution in [2.75, 3.05) is 6.61 Å². The molecule has 0 aliphatic carbocycles. The minimum absolute atomic E-state index is 0.0573. The standard InChI is InChI=1S/C11H14N2O3/c1-6(11(12)15)13-9-5-16-10-4-7(14)2-3-8(9)10/h2-4,6,9,13-14H,5H2,1H3,(H2,12,15). The Hall–Kier alpha value is -1.75. The Bertz CT molecular complexity index is 420. The molecule has 1 heterocycles. The Labute approximate surface area is 93.2 Å². The van der Waals surface area contributed by atoms with Gasteiger partial charge in [0.25, 0.3) is 0 Å². The lowest BCUT2D eigenvalue weighted by Crippen LogP contribution is -2.41. The molecule has 0 bridgehead atoms. The summed E-state index contributed by atoms with van der Waals surface area (Å²) >= 11 is 0. The summed E-state index contributed by atoms with van der Waals surface area (Å²) in [4.78, 5) is 10.9. The fourth-order valence-electron chi connectivity index (χ4n) is 1.72. The van der Waals surface area contributed by atoms with Crippen LogP contribution in [-0.4, -0.2) is 23.7 Å². The van der Waals surface area contributed by atoms with Crippen molar-refractivity contribution in [1.82, 2.24) is 5.32 Å². The molecule has 1 aromatic carbocycles. The number of hydrogen-bond donors (Lipinski definition) is 3. The minimum atomic E-state index is -0.409. The number of nitrogens with two attached hydrogens (primary N) is 1. The number of benzene rings is 1. The minimum Gasteiger partial charge on any atom is -0.508 e. The predicted octanol–water partition coefficient (Wildman–Crippen LogP) is 0.289. The Balaban J connectivity index is 2.15. The van der Waals surface area contributed by atoms with E-state index in [2.05, 4.69) is 5.32 Å². The van der Waals surface area contributed by atoms with Gasteiger partial charge >= 0.3 is 0 Å². The number of fused-ring (bicyclic) bond motifs is 1. The van der Waals surface area contributed by atoms with Crippen LogP contribution in [0.25, 0.3) is 0 Å². The molecule has 2 unspecified atom stereocenters. The van der Waals surface area contributed by atoms with E-state index in [0.717, 1.165) is 5.56 Å². The first kappa shape index (κ1) is 10.8. The van der Waals surface area contributed by atoms with Gasteiger partial charge in [0.15, 0.2) is 0 Å². The summed E-state index contributed by atoms with van der Waals surface area (Å²) < 4.78 is 5.40. The maximum absolute atomic E-state index is 10.9. The fraction of sp³-hybridized carbons (Fsp3) is 0.364. The van der Waals surface area contributed by atoms with E-state index in [1.807, 2.05) is 0 Å². The van der Waals surface area contributed by atoms with E-state index in [9.17, 15) is 9.90 Å². The average Bonchev–Trinajstić information content (AvgIpc) is 2.60. The third kappa shape index (κ3) is 1.94. The van der Waals surface area contributed by atoms with Crippen molar-refractivity contribution < 1.29 is 14.6 Å². The molecule has 1 amide bonds. The highest BCUT2D eigenvalue weighted by atomic mass is 16.5. The van der Waals surface area contributed by atoms with Crippen LogP contribution in [0.3, 0.4) is 0 Å². The van der Waals surface area contributed by atoms with Crippen LogP contribution in [0, 0.1) is 0 Å². The van der Waals surface area contributed by atoms with E-state index in [-0.39, 0.29) is 11.8 Å².